The molecule has 4 rings (SSSR count). The van der Waals surface area contributed by atoms with E-state index >= 15 is 0 Å². The van der Waals surface area contributed by atoms with E-state index in [0.717, 1.165) is 21.5 Å². The highest BCUT2D eigenvalue weighted by Crippen LogP contribution is 2.30. The number of hydrogen-bond acceptors (Lipinski definition) is 5. The maximum atomic E-state index is 12.6. The number of amides is 1. The first-order chi connectivity index (χ1) is 13.9. The summed E-state index contributed by atoms with van der Waals surface area (Å²) in [6.45, 7) is 2.47. The van der Waals surface area contributed by atoms with Crippen LogP contribution in [0.15, 0.2) is 54.6 Å². The Morgan fingerprint density at radius 3 is 2.66 bits per heavy atom. The van der Waals surface area contributed by atoms with E-state index in [2.05, 4.69) is 5.10 Å². The van der Waals surface area contributed by atoms with Crippen LogP contribution in [0.1, 0.15) is 31.3 Å². The summed E-state index contributed by atoms with van der Waals surface area (Å²) in [5, 5.41) is 6.16. The van der Waals surface area contributed by atoms with E-state index in [4.69, 9.17) is 22.1 Å². The van der Waals surface area contributed by atoms with Crippen LogP contribution in [0.3, 0.4) is 0 Å². The lowest BCUT2D eigenvalue weighted by molar-refractivity contribution is 0.0738. The standard InChI is InChI=1S/C21H16ClN3O3S/c1-12-17-10-18(21(27)28-16-4-2-3-14(9-16)19(23)26)29-20(17)25(24-12)11-13-5-7-15(22)8-6-13/h2-10H,11H2,1H3,(H2,23,26). The van der Waals surface area contributed by atoms with Gasteiger partial charge in [-0.25, -0.2) is 4.79 Å². The van der Waals surface area contributed by atoms with Gasteiger partial charge < -0.3 is 10.5 Å². The van der Waals surface area contributed by atoms with Gasteiger partial charge in [-0.05, 0) is 48.9 Å². The molecule has 0 saturated carbocycles. The summed E-state index contributed by atoms with van der Waals surface area (Å²) >= 11 is 7.26. The molecule has 0 aliphatic heterocycles. The molecule has 8 heteroatoms. The Balaban J connectivity index is 1.60. The number of aryl methyl sites for hydroxylation is 1. The Morgan fingerprint density at radius 2 is 1.93 bits per heavy atom. The van der Waals surface area contributed by atoms with Crippen molar-refractivity contribution in [3.63, 3.8) is 0 Å². The second-order valence-electron chi connectivity index (χ2n) is 6.48. The number of fused-ring (bicyclic) bond motifs is 1. The van der Waals surface area contributed by atoms with Gasteiger partial charge in [0.15, 0.2) is 0 Å². The zero-order valence-electron chi connectivity index (χ0n) is 15.4. The number of halogens is 1. The van der Waals surface area contributed by atoms with Gasteiger partial charge in [0.25, 0.3) is 0 Å². The number of hydrogen-bond donors (Lipinski definition) is 1. The number of rotatable bonds is 5. The molecule has 2 aromatic carbocycles. The lowest BCUT2D eigenvalue weighted by atomic mass is 10.2. The number of benzene rings is 2. The number of carbonyl (C=O) groups excluding carboxylic acids is 2. The van der Waals surface area contributed by atoms with Crippen molar-refractivity contribution in [1.82, 2.24) is 9.78 Å². The molecule has 2 N–H and O–H groups in total. The molecule has 0 radical (unpaired) electrons. The van der Waals surface area contributed by atoms with Crippen molar-refractivity contribution in [2.75, 3.05) is 0 Å². The van der Waals surface area contributed by atoms with E-state index in [0.29, 0.717) is 16.4 Å². The summed E-state index contributed by atoms with van der Waals surface area (Å²) in [5.41, 5.74) is 7.44. The number of esters is 1. The molecule has 0 spiro atoms. The predicted molar refractivity (Wildman–Crippen MR) is 113 cm³/mol. The van der Waals surface area contributed by atoms with Crippen molar-refractivity contribution < 1.29 is 14.3 Å². The van der Waals surface area contributed by atoms with Crippen LogP contribution in [-0.4, -0.2) is 21.7 Å². The number of thiophene rings is 1. The molecule has 146 valence electrons. The molecule has 29 heavy (non-hydrogen) atoms. The third-order valence-corrected chi connectivity index (χ3v) is 5.76. The lowest BCUT2D eigenvalue weighted by Crippen LogP contribution is -2.12. The van der Waals surface area contributed by atoms with Gasteiger partial charge in [-0.3, -0.25) is 9.48 Å². The van der Waals surface area contributed by atoms with Gasteiger partial charge in [0.2, 0.25) is 5.91 Å². The van der Waals surface area contributed by atoms with E-state index in [1.54, 1.807) is 24.3 Å². The molecular formula is C21H16ClN3O3S. The van der Waals surface area contributed by atoms with Crippen molar-refractivity contribution in [3.05, 3.63) is 81.3 Å². The highest BCUT2D eigenvalue weighted by Gasteiger charge is 2.18. The monoisotopic (exact) mass is 425 g/mol. The fourth-order valence-electron chi connectivity index (χ4n) is 2.95. The maximum absolute atomic E-state index is 12.6. The molecule has 0 saturated heterocycles. The number of aromatic nitrogens is 2. The Morgan fingerprint density at radius 1 is 1.17 bits per heavy atom. The van der Waals surface area contributed by atoms with Gasteiger partial charge in [0.1, 0.15) is 15.5 Å². The molecule has 0 aliphatic rings. The van der Waals surface area contributed by atoms with Crippen LogP contribution in [0, 0.1) is 6.92 Å². The van der Waals surface area contributed by atoms with Crippen molar-refractivity contribution in [1.29, 1.82) is 0 Å². The first kappa shape index (κ1) is 19.2. The summed E-state index contributed by atoms with van der Waals surface area (Å²) in [7, 11) is 0. The van der Waals surface area contributed by atoms with E-state index in [1.807, 2.05) is 35.9 Å². The zero-order valence-corrected chi connectivity index (χ0v) is 17.0. The van der Waals surface area contributed by atoms with E-state index in [-0.39, 0.29) is 11.3 Å². The van der Waals surface area contributed by atoms with Crippen molar-refractivity contribution >= 4 is 45.0 Å². The molecule has 2 heterocycles. The first-order valence-corrected chi connectivity index (χ1v) is 9.93. The van der Waals surface area contributed by atoms with Crippen LogP contribution < -0.4 is 10.5 Å². The summed E-state index contributed by atoms with van der Waals surface area (Å²) in [5.74, 6) is -0.809. The van der Waals surface area contributed by atoms with Crippen molar-refractivity contribution in [2.45, 2.75) is 13.5 Å². The van der Waals surface area contributed by atoms with Crippen LogP contribution >= 0.6 is 22.9 Å². The number of nitrogens with zero attached hydrogens (tertiary/aromatic N) is 2. The second-order valence-corrected chi connectivity index (χ2v) is 7.95. The van der Waals surface area contributed by atoms with Gasteiger partial charge in [0, 0.05) is 16.0 Å². The first-order valence-electron chi connectivity index (χ1n) is 8.74. The smallest absolute Gasteiger partial charge is 0.353 e. The molecule has 2 aromatic heterocycles. The molecule has 0 aliphatic carbocycles. The largest absolute Gasteiger partial charge is 0.422 e. The van der Waals surface area contributed by atoms with E-state index in [1.165, 1.54) is 17.4 Å². The van der Waals surface area contributed by atoms with Crippen LogP contribution in [0.2, 0.25) is 5.02 Å². The van der Waals surface area contributed by atoms with E-state index in [9.17, 15) is 9.59 Å². The Bertz CT molecular complexity index is 1230. The summed E-state index contributed by atoms with van der Waals surface area (Å²) in [6, 6.07) is 15.6. The highest BCUT2D eigenvalue weighted by atomic mass is 35.5. The van der Waals surface area contributed by atoms with Gasteiger partial charge in [-0.1, -0.05) is 29.8 Å². The fourth-order valence-corrected chi connectivity index (χ4v) is 4.12. The lowest BCUT2D eigenvalue weighted by Gasteiger charge is -2.04. The summed E-state index contributed by atoms with van der Waals surface area (Å²) in [4.78, 5) is 25.2. The molecule has 0 unspecified atom stereocenters. The minimum Gasteiger partial charge on any atom is -0.422 e. The maximum Gasteiger partial charge on any atom is 0.353 e. The van der Waals surface area contributed by atoms with E-state index < -0.39 is 11.9 Å². The van der Waals surface area contributed by atoms with Crippen LogP contribution in [0.25, 0.3) is 10.2 Å². The topological polar surface area (TPSA) is 87.2 Å². The summed E-state index contributed by atoms with van der Waals surface area (Å²) in [6.07, 6.45) is 0. The van der Waals surface area contributed by atoms with Crippen LogP contribution in [0.4, 0.5) is 0 Å². The third-order valence-electron chi connectivity index (χ3n) is 4.38. The van der Waals surface area contributed by atoms with Crippen molar-refractivity contribution in [2.24, 2.45) is 5.73 Å². The molecule has 0 atom stereocenters. The van der Waals surface area contributed by atoms with Gasteiger partial charge in [0.05, 0.1) is 12.2 Å². The highest BCUT2D eigenvalue weighted by molar-refractivity contribution is 7.20. The van der Waals surface area contributed by atoms with Crippen LogP contribution in [0.5, 0.6) is 5.75 Å². The average Bonchev–Trinajstić information content (AvgIpc) is 3.25. The SMILES string of the molecule is Cc1nn(Cc2ccc(Cl)cc2)c2sc(C(=O)Oc3cccc(C(N)=O)c3)cc12. The Hall–Kier alpha value is -3.16. The molecule has 1 amide bonds. The van der Waals surface area contributed by atoms with Gasteiger partial charge in [-0.2, -0.15) is 5.10 Å². The quantitative estimate of drug-likeness (QED) is 0.378. The number of primary amides is 1. The van der Waals surface area contributed by atoms with Gasteiger partial charge >= 0.3 is 5.97 Å². The fraction of sp³-hybridized carbons (Fsp3) is 0.0952. The number of carbonyl (C=O) groups is 2. The number of ether oxygens (including phenoxy) is 1. The van der Waals surface area contributed by atoms with Crippen LogP contribution in [-0.2, 0) is 6.54 Å². The average molecular weight is 426 g/mol. The Labute approximate surface area is 175 Å². The third kappa shape index (κ3) is 4.01. The Kier molecular flexibility index (Phi) is 5.08. The molecule has 6 nitrogen and oxygen atoms in total. The van der Waals surface area contributed by atoms with Gasteiger partial charge in [-0.15, -0.1) is 11.3 Å². The second kappa shape index (κ2) is 7.69. The molecule has 4 aromatic rings. The molecular weight excluding hydrogens is 410 g/mol. The number of nitrogens with two attached hydrogens (primary N) is 1. The minimum absolute atomic E-state index is 0.267. The van der Waals surface area contributed by atoms with Crippen molar-refractivity contribution in [3.8, 4) is 5.75 Å². The molecule has 0 bridgehead atoms. The summed E-state index contributed by atoms with van der Waals surface area (Å²) < 4.78 is 7.28. The normalized spacial score (nSPS) is 11.0. The molecule has 0 fully saturated rings. The predicted octanol–water partition coefficient (Wildman–Crippen LogP) is 4.43. The minimum atomic E-state index is -0.581. The zero-order chi connectivity index (χ0) is 20.5.